The van der Waals surface area contributed by atoms with Gasteiger partial charge in [-0.15, -0.1) is 11.8 Å². The van der Waals surface area contributed by atoms with Crippen LogP contribution in [-0.4, -0.2) is 65.4 Å². The number of nitrogens with zero attached hydrogens (tertiary/aromatic N) is 2. The van der Waals surface area contributed by atoms with E-state index in [-0.39, 0.29) is 59.0 Å². The maximum Gasteiger partial charge on any atom is 1.00 e. The summed E-state index contributed by atoms with van der Waals surface area (Å²) in [6.07, 6.45) is 0.262. The van der Waals surface area contributed by atoms with Gasteiger partial charge in [0, 0.05) is 11.3 Å². The Morgan fingerprint density at radius 3 is 2.77 bits per heavy atom. The smallest absolute Gasteiger partial charge is 0.543 e. The fourth-order valence-corrected chi connectivity index (χ4v) is 4.18. The summed E-state index contributed by atoms with van der Waals surface area (Å²) in [5.74, 6) is -2.74. The van der Waals surface area contributed by atoms with Crippen LogP contribution in [0.3, 0.4) is 0 Å². The molecule has 0 radical (unpaired) electrons. The number of amides is 3. The van der Waals surface area contributed by atoms with Crippen molar-refractivity contribution in [2.45, 2.75) is 11.4 Å². The molecule has 3 heterocycles. The third kappa shape index (κ3) is 4.64. The first-order valence-corrected chi connectivity index (χ1v) is 9.16. The van der Waals surface area contributed by atoms with Crippen LogP contribution in [0.1, 0.15) is 5.76 Å². The summed E-state index contributed by atoms with van der Waals surface area (Å²) in [5, 5.41) is 17.0. The topological polar surface area (TPSA) is 177 Å². The predicted octanol–water partition coefficient (Wildman–Crippen LogP) is -4.87. The van der Waals surface area contributed by atoms with E-state index in [4.69, 9.17) is 10.2 Å². The van der Waals surface area contributed by atoms with Gasteiger partial charge in [-0.3, -0.25) is 14.5 Å². The second-order valence-electron chi connectivity index (χ2n) is 5.81. The minimum absolute atomic E-state index is 0. The Morgan fingerprint density at radius 1 is 1.47 bits per heavy atom. The van der Waals surface area contributed by atoms with Crippen LogP contribution in [0.2, 0.25) is 0 Å². The number of rotatable bonds is 7. The molecule has 14 heteroatoms. The van der Waals surface area contributed by atoms with Gasteiger partial charge in [-0.05, 0) is 12.1 Å². The minimum atomic E-state index is -1.60. The van der Waals surface area contributed by atoms with Gasteiger partial charge in [-0.25, -0.2) is 4.79 Å². The molecule has 0 aromatic carbocycles. The quantitative estimate of drug-likeness (QED) is 0.180. The summed E-state index contributed by atoms with van der Waals surface area (Å²) in [6.45, 7) is -0.387. The number of carbonyl (C=O) groups excluding carboxylic acids is 4. The predicted molar refractivity (Wildman–Crippen MR) is 94.8 cm³/mol. The molecule has 1 aromatic rings. The van der Waals surface area contributed by atoms with Gasteiger partial charge in [0.05, 0.1) is 17.9 Å². The summed E-state index contributed by atoms with van der Waals surface area (Å²) in [7, 11) is 1.25. The molecule has 3 amide bonds. The van der Waals surface area contributed by atoms with Crippen LogP contribution in [0.25, 0.3) is 0 Å². The SMILES string of the molecule is CO/N=C(\C(=O)NC1C(=O)N2C(C(=O)[O-])=C(COC(N)=O)CSC12)c1ccco1.[Na+]. The number of furan rings is 1. The van der Waals surface area contributed by atoms with Crippen molar-refractivity contribution >= 4 is 41.4 Å². The van der Waals surface area contributed by atoms with E-state index in [2.05, 4.69) is 20.0 Å². The molecule has 2 aliphatic heterocycles. The van der Waals surface area contributed by atoms with Crippen molar-refractivity contribution in [3.05, 3.63) is 35.4 Å². The molecule has 2 aliphatic rings. The number of hydrogen-bond donors (Lipinski definition) is 2. The number of fused-ring (bicyclic) bond motifs is 1. The van der Waals surface area contributed by atoms with E-state index in [0.29, 0.717) is 0 Å². The number of ether oxygens (including phenoxy) is 1. The number of β-lactam (4-membered cyclic amide) rings is 1. The van der Waals surface area contributed by atoms with Gasteiger partial charge < -0.3 is 34.9 Å². The van der Waals surface area contributed by atoms with Gasteiger partial charge in [0.15, 0.2) is 5.76 Å². The Labute approximate surface area is 196 Å². The van der Waals surface area contributed by atoms with Crippen molar-refractivity contribution in [1.29, 1.82) is 0 Å². The number of nitrogens with one attached hydrogen (secondary N) is 1. The fraction of sp³-hybridized carbons (Fsp3) is 0.312. The van der Waals surface area contributed by atoms with Crippen LogP contribution in [0.15, 0.2) is 39.2 Å². The van der Waals surface area contributed by atoms with E-state index in [0.717, 1.165) is 4.90 Å². The number of oxime groups is 1. The summed E-state index contributed by atoms with van der Waals surface area (Å²) < 4.78 is 9.75. The van der Waals surface area contributed by atoms with Gasteiger partial charge in [0.2, 0.25) is 5.71 Å². The molecule has 3 N–H and O–H groups in total. The minimum Gasteiger partial charge on any atom is -0.543 e. The van der Waals surface area contributed by atoms with Crippen LogP contribution in [-0.2, 0) is 24.0 Å². The van der Waals surface area contributed by atoms with Gasteiger partial charge in [-0.1, -0.05) is 5.16 Å². The summed E-state index contributed by atoms with van der Waals surface area (Å²) in [6, 6.07) is 2.04. The first-order chi connectivity index (χ1) is 13.8. The Morgan fingerprint density at radius 2 is 2.20 bits per heavy atom. The number of primary amides is 1. The Balaban J connectivity index is 0.00000320. The molecule has 2 atom stereocenters. The molecule has 0 bridgehead atoms. The standard InChI is InChI=1S/C16H16N4O8S.Na/c1-26-19-9(8-3-2-4-27-8)12(21)18-10-13(22)20-11(15(23)24)7(5-28-16(17)25)6-29-14(10)20;/h2-4,10,14H,5-6H2,1H3,(H2,17,25)(H,18,21)(H,23,24);/q;+1/p-1/b19-9-;. The third-order valence-electron chi connectivity index (χ3n) is 4.07. The van der Waals surface area contributed by atoms with Crippen LogP contribution < -0.4 is 45.7 Å². The van der Waals surface area contributed by atoms with Crippen molar-refractivity contribution in [3.63, 3.8) is 0 Å². The molecule has 1 saturated heterocycles. The summed E-state index contributed by atoms with van der Waals surface area (Å²) >= 11 is 1.18. The average Bonchev–Trinajstić information content (AvgIpc) is 3.21. The number of carbonyl (C=O) groups is 4. The number of carboxylic acids is 1. The first kappa shape index (κ1) is 23.8. The molecule has 0 saturated carbocycles. The zero-order valence-electron chi connectivity index (χ0n) is 15.9. The number of thioether (sulfide) groups is 1. The average molecular weight is 446 g/mol. The molecular weight excluding hydrogens is 431 g/mol. The van der Waals surface area contributed by atoms with Crippen LogP contribution in [0, 0.1) is 0 Å². The maximum atomic E-state index is 12.5. The van der Waals surface area contributed by atoms with Crippen LogP contribution in [0.5, 0.6) is 0 Å². The fourth-order valence-electron chi connectivity index (χ4n) is 2.85. The second-order valence-corrected chi connectivity index (χ2v) is 6.91. The molecular formula is C16H15N4NaO8S. The molecule has 30 heavy (non-hydrogen) atoms. The van der Waals surface area contributed by atoms with Gasteiger partial charge >= 0.3 is 35.7 Å². The number of aliphatic carboxylic acids is 1. The molecule has 154 valence electrons. The number of hydrogen-bond acceptors (Lipinski definition) is 10. The van der Waals surface area contributed by atoms with Gasteiger partial charge in [-0.2, -0.15) is 0 Å². The third-order valence-corrected chi connectivity index (χ3v) is 5.41. The number of carboxylic acid groups (broad SMARTS) is 1. The van der Waals surface area contributed by atoms with Crippen LogP contribution >= 0.6 is 11.8 Å². The summed E-state index contributed by atoms with van der Waals surface area (Å²) in [4.78, 5) is 53.0. The maximum absolute atomic E-state index is 12.5. The van der Waals surface area contributed by atoms with E-state index in [1.807, 2.05) is 0 Å². The van der Waals surface area contributed by atoms with Crippen molar-refractivity contribution in [2.75, 3.05) is 19.5 Å². The largest absolute Gasteiger partial charge is 1.00 e. The van der Waals surface area contributed by atoms with Crippen molar-refractivity contribution in [1.82, 2.24) is 10.2 Å². The second kappa shape index (κ2) is 10.0. The molecule has 1 aromatic heterocycles. The molecule has 0 aliphatic carbocycles. The molecule has 2 unspecified atom stereocenters. The van der Waals surface area contributed by atoms with E-state index in [9.17, 15) is 24.3 Å². The normalized spacial score (nSPS) is 20.5. The van der Waals surface area contributed by atoms with Gasteiger partial charge in [0.25, 0.3) is 11.8 Å². The Kier molecular flexibility index (Phi) is 7.95. The van der Waals surface area contributed by atoms with E-state index < -0.39 is 41.0 Å². The van der Waals surface area contributed by atoms with Crippen molar-refractivity contribution < 1.29 is 67.8 Å². The van der Waals surface area contributed by atoms with Crippen molar-refractivity contribution in [3.8, 4) is 0 Å². The monoisotopic (exact) mass is 446 g/mol. The van der Waals surface area contributed by atoms with E-state index in [1.165, 1.54) is 31.2 Å². The van der Waals surface area contributed by atoms with Crippen LogP contribution in [0.4, 0.5) is 4.79 Å². The van der Waals surface area contributed by atoms with Gasteiger partial charge in [0.1, 0.15) is 25.1 Å². The van der Waals surface area contributed by atoms with E-state index in [1.54, 1.807) is 6.07 Å². The molecule has 3 rings (SSSR count). The Hall–Kier alpha value is -2.48. The Bertz CT molecular complexity index is 916. The summed E-state index contributed by atoms with van der Waals surface area (Å²) in [5.41, 5.74) is 4.48. The molecule has 0 spiro atoms. The number of nitrogens with two attached hydrogens (primary N) is 1. The zero-order chi connectivity index (χ0) is 21.1. The first-order valence-electron chi connectivity index (χ1n) is 8.11. The van der Waals surface area contributed by atoms with E-state index >= 15 is 0 Å². The van der Waals surface area contributed by atoms with Crippen molar-refractivity contribution in [2.24, 2.45) is 10.9 Å². The molecule has 1 fully saturated rings. The zero-order valence-corrected chi connectivity index (χ0v) is 18.8. The molecule has 12 nitrogen and oxygen atoms in total.